The van der Waals surface area contributed by atoms with E-state index in [0.29, 0.717) is 6.42 Å². The van der Waals surface area contributed by atoms with Crippen molar-refractivity contribution in [3.8, 4) is 0 Å². The number of carbonyl (C=O) groups excluding carboxylic acids is 1. The second-order valence-corrected chi connectivity index (χ2v) is 2.51. The van der Waals surface area contributed by atoms with Gasteiger partial charge in [0.15, 0.2) is 0 Å². The molecule has 9 heavy (non-hydrogen) atoms. The summed E-state index contributed by atoms with van der Waals surface area (Å²) in [7, 11) is 0. The first kappa shape index (κ1) is 5.03. The molecule has 1 atom stereocenters. The number of esters is 1. The number of ether oxygens (including phenoxy) is 1. The second kappa shape index (κ2) is 1.59. The SMILES string of the molecule is O=C1CC2=CCCC2O1. The lowest BCUT2D eigenvalue weighted by atomic mass is 10.2. The van der Waals surface area contributed by atoms with Crippen molar-refractivity contribution >= 4 is 5.97 Å². The predicted octanol–water partition coefficient (Wildman–Crippen LogP) is 1.02. The van der Waals surface area contributed by atoms with Gasteiger partial charge in [0.25, 0.3) is 0 Å². The van der Waals surface area contributed by atoms with Crippen LogP contribution >= 0.6 is 0 Å². The molecule has 2 aliphatic rings. The van der Waals surface area contributed by atoms with E-state index in [9.17, 15) is 4.79 Å². The highest BCUT2D eigenvalue weighted by atomic mass is 16.5. The van der Waals surface area contributed by atoms with E-state index in [0.717, 1.165) is 12.8 Å². The Morgan fingerprint density at radius 2 is 2.56 bits per heavy atom. The number of rotatable bonds is 0. The summed E-state index contributed by atoms with van der Waals surface area (Å²) in [4.78, 5) is 10.6. The third kappa shape index (κ3) is 0.661. The first-order valence-corrected chi connectivity index (χ1v) is 3.24. The summed E-state index contributed by atoms with van der Waals surface area (Å²) in [5, 5.41) is 0. The Morgan fingerprint density at radius 3 is 3.33 bits per heavy atom. The first-order valence-electron chi connectivity index (χ1n) is 3.24. The van der Waals surface area contributed by atoms with Crippen molar-refractivity contribution in [3.05, 3.63) is 11.6 Å². The lowest BCUT2D eigenvalue weighted by Gasteiger charge is -2.00. The van der Waals surface area contributed by atoms with Crippen LogP contribution in [0.5, 0.6) is 0 Å². The highest BCUT2D eigenvalue weighted by Crippen LogP contribution is 2.30. The fraction of sp³-hybridized carbons (Fsp3) is 0.571. The van der Waals surface area contributed by atoms with E-state index in [1.165, 1.54) is 5.57 Å². The van der Waals surface area contributed by atoms with Crippen LogP contribution in [0.3, 0.4) is 0 Å². The molecule has 0 amide bonds. The average Bonchev–Trinajstić information content (AvgIpc) is 2.22. The van der Waals surface area contributed by atoms with Crippen LogP contribution in [0.4, 0.5) is 0 Å². The average molecular weight is 124 g/mol. The molecule has 2 heteroatoms. The van der Waals surface area contributed by atoms with Crippen molar-refractivity contribution < 1.29 is 9.53 Å². The van der Waals surface area contributed by atoms with E-state index in [1.54, 1.807) is 0 Å². The van der Waals surface area contributed by atoms with Crippen molar-refractivity contribution in [1.82, 2.24) is 0 Å². The smallest absolute Gasteiger partial charge is 0.310 e. The van der Waals surface area contributed by atoms with Gasteiger partial charge in [-0.05, 0) is 18.4 Å². The zero-order valence-electron chi connectivity index (χ0n) is 5.09. The molecule has 1 heterocycles. The van der Waals surface area contributed by atoms with Gasteiger partial charge >= 0.3 is 5.97 Å². The zero-order chi connectivity index (χ0) is 6.27. The van der Waals surface area contributed by atoms with Crippen molar-refractivity contribution in [2.75, 3.05) is 0 Å². The summed E-state index contributed by atoms with van der Waals surface area (Å²) in [5.74, 6) is -0.0500. The molecule has 0 aromatic rings. The fourth-order valence-corrected chi connectivity index (χ4v) is 1.42. The van der Waals surface area contributed by atoms with Crippen LogP contribution in [0, 0.1) is 0 Å². The molecule has 0 aromatic heterocycles. The van der Waals surface area contributed by atoms with Gasteiger partial charge in [-0.1, -0.05) is 6.08 Å². The third-order valence-corrected chi connectivity index (χ3v) is 1.87. The molecule has 1 saturated heterocycles. The molecule has 0 bridgehead atoms. The molecular weight excluding hydrogens is 116 g/mol. The Labute approximate surface area is 53.5 Å². The van der Waals surface area contributed by atoms with E-state index in [2.05, 4.69) is 6.08 Å². The Morgan fingerprint density at radius 1 is 1.67 bits per heavy atom. The van der Waals surface area contributed by atoms with Crippen LogP contribution in [0.2, 0.25) is 0 Å². The molecule has 0 aromatic carbocycles. The molecule has 0 radical (unpaired) electrons. The molecule has 1 aliphatic carbocycles. The molecule has 1 unspecified atom stereocenters. The summed E-state index contributed by atoms with van der Waals surface area (Å²) in [6, 6.07) is 0. The maximum atomic E-state index is 10.6. The van der Waals surface area contributed by atoms with Gasteiger partial charge < -0.3 is 4.74 Å². The normalized spacial score (nSPS) is 31.8. The summed E-state index contributed by atoms with van der Waals surface area (Å²) < 4.78 is 4.98. The Bertz CT molecular complexity index is 181. The maximum absolute atomic E-state index is 10.6. The van der Waals surface area contributed by atoms with Crippen LogP contribution in [0.1, 0.15) is 19.3 Å². The van der Waals surface area contributed by atoms with Crippen LogP contribution in [-0.2, 0) is 9.53 Å². The van der Waals surface area contributed by atoms with Gasteiger partial charge in [0, 0.05) is 0 Å². The van der Waals surface area contributed by atoms with E-state index < -0.39 is 0 Å². The standard InChI is InChI=1S/C7H8O2/c8-7-4-5-2-1-3-6(5)9-7/h2,6H,1,3-4H2. The Balaban J connectivity index is 2.24. The number of carbonyl (C=O) groups is 1. The Kier molecular flexibility index (Phi) is 0.891. The quantitative estimate of drug-likeness (QED) is 0.356. The summed E-state index contributed by atoms with van der Waals surface area (Å²) in [5.41, 5.74) is 1.21. The van der Waals surface area contributed by atoms with Crippen molar-refractivity contribution in [3.63, 3.8) is 0 Å². The van der Waals surface area contributed by atoms with E-state index in [4.69, 9.17) is 4.74 Å². The molecule has 0 spiro atoms. The van der Waals surface area contributed by atoms with Gasteiger partial charge in [0.1, 0.15) is 6.10 Å². The van der Waals surface area contributed by atoms with E-state index in [1.807, 2.05) is 0 Å². The van der Waals surface area contributed by atoms with Gasteiger partial charge in [-0.3, -0.25) is 4.79 Å². The van der Waals surface area contributed by atoms with Gasteiger partial charge in [-0.25, -0.2) is 0 Å². The van der Waals surface area contributed by atoms with Gasteiger partial charge in [0.05, 0.1) is 6.42 Å². The van der Waals surface area contributed by atoms with Crippen LogP contribution in [0.25, 0.3) is 0 Å². The summed E-state index contributed by atoms with van der Waals surface area (Å²) in [6.45, 7) is 0. The lowest BCUT2D eigenvalue weighted by molar-refractivity contribution is -0.141. The zero-order valence-corrected chi connectivity index (χ0v) is 5.09. The largest absolute Gasteiger partial charge is 0.458 e. The molecule has 1 aliphatic heterocycles. The topological polar surface area (TPSA) is 26.3 Å². The fourth-order valence-electron chi connectivity index (χ4n) is 1.42. The number of fused-ring (bicyclic) bond motifs is 1. The molecular formula is C7H8O2. The van der Waals surface area contributed by atoms with E-state index in [-0.39, 0.29) is 12.1 Å². The van der Waals surface area contributed by atoms with Gasteiger partial charge in [-0.15, -0.1) is 0 Å². The second-order valence-electron chi connectivity index (χ2n) is 2.51. The van der Waals surface area contributed by atoms with Gasteiger partial charge in [-0.2, -0.15) is 0 Å². The third-order valence-electron chi connectivity index (χ3n) is 1.87. The highest BCUT2D eigenvalue weighted by Gasteiger charge is 2.30. The Hall–Kier alpha value is -0.790. The minimum absolute atomic E-state index is 0.0500. The molecule has 0 saturated carbocycles. The minimum Gasteiger partial charge on any atom is -0.458 e. The predicted molar refractivity (Wildman–Crippen MR) is 31.8 cm³/mol. The van der Waals surface area contributed by atoms with Crippen LogP contribution in [-0.4, -0.2) is 12.1 Å². The van der Waals surface area contributed by atoms with Crippen molar-refractivity contribution in [2.45, 2.75) is 25.4 Å². The summed E-state index contributed by atoms with van der Waals surface area (Å²) in [6.07, 6.45) is 4.94. The van der Waals surface area contributed by atoms with Crippen molar-refractivity contribution in [2.24, 2.45) is 0 Å². The minimum atomic E-state index is -0.0500. The number of hydrogen-bond acceptors (Lipinski definition) is 2. The number of hydrogen-bond donors (Lipinski definition) is 0. The number of allylic oxidation sites excluding steroid dienone is 1. The van der Waals surface area contributed by atoms with Gasteiger partial charge in [0.2, 0.25) is 0 Å². The molecule has 2 rings (SSSR count). The van der Waals surface area contributed by atoms with Crippen molar-refractivity contribution in [1.29, 1.82) is 0 Å². The summed E-state index contributed by atoms with van der Waals surface area (Å²) >= 11 is 0. The molecule has 0 N–H and O–H groups in total. The van der Waals surface area contributed by atoms with Crippen LogP contribution < -0.4 is 0 Å². The maximum Gasteiger partial charge on any atom is 0.310 e. The van der Waals surface area contributed by atoms with E-state index >= 15 is 0 Å². The first-order chi connectivity index (χ1) is 4.36. The lowest BCUT2D eigenvalue weighted by Crippen LogP contribution is -2.03. The molecule has 1 fully saturated rings. The van der Waals surface area contributed by atoms with Crippen LogP contribution in [0.15, 0.2) is 11.6 Å². The molecule has 2 nitrogen and oxygen atoms in total. The highest BCUT2D eigenvalue weighted by molar-refractivity contribution is 5.76. The monoisotopic (exact) mass is 124 g/mol. The molecule has 48 valence electrons.